The third-order valence-electron chi connectivity index (χ3n) is 4.63. The van der Waals surface area contributed by atoms with E-state index in [1.165, 1.54) is 0 Å². The molecule has 1 aliphatic rings. The van der Waals surface area contributed by atoms with Crippen molar-refractivity contribution in [3.8, 4) is 0 Å². The number of hydrogen-bond donors (Lipinski definition) is 1. The minimum Gasteiger partial charge on any atom is -0.355 e. The van der Waals surface area contributed by atoms with Gasteiger partial charge < -0.3 is 10.1 Å². The molecule has 0 unspecified atom stereocenters. The van der Waals surface area contributed by atoms with Crippen LogP contribution in [0.15, 0.2) is 91.0 Å². The van der Waals surface area contributed by atoms with E-state index < -0.39 is 5.60 Å². The highest BCUT2D eigenvalue weighted by molar-refractivity contribution is 5.47. The zero-order valence-corrected chi connectivity index (χ0v) is 13.6. The zero-order valence-electron chi connectivity index (χ0n) is 13.6. The van der Waals surface area contributed by atoms with Gasteiger partial charge in [0.05, 0.1) is 6.10 Å². The Kier molecular flexibility index (Phi) is 4.16. The Bertz CT molecular complexity index is 670. The second kappa shape index (κ2) is 6.60. The molecule has 0 aromatic heterocycles. The van der Waals surface area contributed by atoms with E-state index in [1.54, 1.807) is 0 Å². The normalized spacial score (nSPS) is 15.0. The molecule has 2 heteroatoms. The van der Waals surface area contributed by atoms with Gasteiger partial charge in [-0.3, -0.25) is 0 Å². The fourth-order valence-electron chi connectivity index (χ4n) is 3.32. The van der Waals surface area contributed by atoms with Gasteiger partial charge in [-0.25, -0.2) is 0 Å². The van der Waals surface area contributed by atoms with Crippen LogP contribution in [0.25, 0.3) is 0 Å². The van der Waals surface area contributed by atoms with Crippen LogP contribution in [0.5, 0.6) is 0 Å². The van der Waals surface area contributed by atoms with Crippen molar-refractivity contribution in [1.29, 1.82) is 0 Å². The van der Waals surface area contributed by atoms with Crippen molar-refractivity contribution in [3.05, 3.63) is 108 Å². The molecule has 4 rings (SSSR count). The molecule has 1 N–H and O–H groups in total. The van der Waals surface area contributed by atoms with Crippen molar-refractivity contribution < 1.29 is 4.74 Å². The van der Waals surface area contributed by atoms with Crippen LogP contribution in [0.1, 0.15) is 16.7 Å². The van der Waals surface area contributed by atoms with Crippen molar-refractivity contribution >= 4 is 0 Å². The third kappa shape index (κ3) is 2.64. The Labute approximate surface area is 143 Å². The lowest BCUT2D eigenvalue weighted by Gasteiger charge is -2.41. The quantitative estimate of drug-likeness (QED) is 0.719. The van der Waals surface area contributed by atoms with Crippen LogP contribution >= 0.6 is 0 Å². The maximum Gasteiger partial charge on any atom is 0.144 e. The summed E-state index contributed by atoms with van der Waals surface area (Å²) in [4.78, 5) is 0. The Hall–Kier alpha value is -2.42. The van der Waals surface area contributed by atoms with Gasteiger partial charge in [0.15, 0.2) is 0 Å². The van der Waals surface area contributed by atoms with Crippen LogP contribution in [-0.4, -0.2) is 19.2 Å². The molecule has 0 amide bonds. The van der Waals surface area contributed by atoms with Crippen LogP contribution in [0.3, 0.4) is 0 Å². The van der Waals surface area contributed by atoms with Gasteiger partial charge in [0, 0.05) is 13.1 Å². The van der Waals surface area contributed by atoms with Gasteiger partial charge in [0.25, 0.3) is 0 Å². The standard InChI is InChI=1S/C22H21NO/c1-4-10-18(11-5-1)22(24-21-16-23-17-21,19-12-6-2-7-13-19)20-14-8-3-9-15-20/h1-15,21,23H,16-17H2. The number of ether oxygens (including phenoxy) is 1. The van der Waals surface area contributed by atoms with E-state index in [1.807, 2.05) is 0 Å². The van der Waals surface area contributed by atoms with E-state index in [2.05, 4.69) is 96.3 Å². The van der Waals surface area contributed by atoms with Crippen molar-refractivity contribution in [2.75, 3.05) is 13.1 Å². The average molecular weight is 315 g/mol. The lowest BCUT2D eigenvalue weighted by atomic mass is 9.79. The molecule has 0 bridgehead atoms. The number of benzene rings is 3. The molecule has 1 heterocycles. The van der Waals surface area contributed by atoms with Crippen molar-refractivity contribution in [1.82, 2.24) is 5.32 Å². The number of hydrogen-bond acceptors (Lipinski definition) is 2. The van der Waals surface area contributed by atoms with Crippen LogP contribution in [0.4, 0.5) is 0 Å². The molecule has 0 radical (unpaired) electrons. The second-order valence-corrected chi connectivity index (χ2v) is 6.18. The molecular weight excluding hydrogens is 294 g/mol. The third-order valence-corrected chi connectivity index (χ3v) is 4.63. The maximum absolute atomic E-state index is 6.77. The first kappa shape index (κ1) is 15.1. The molecule has 1 fully saturated rings. The summed E-state index contributed by atoms with van der Waals surface area (Å²) in [5.41, 5.74) is 2.90. The van der Waals surface area contributed by atoms with Gasteiger partial charge in [-0.15, -0.1) is 0 Å². The Morgan fingerprint density at radius 3 is 1.29 bits per heavy atom. The number of nitrogens with one attached hydrogen (secondary N) is 1. The van der Waals surface area contributed by atoms with Crippen LogP contribution < -0.4 is 5.32 Å². The summed E-state index contributed by atoms with van der Waals surface area (Å²) in [7, 11) is 0. The zero-order chi connectivity index (χ0) is 16.2. The summed E-state index contributed by atoms with van der Waals surface area (Å²) in [6, 6.07) is 31.6. The molecule has 3 aromatic carbocycles. The summed E-state index contributed by atoms with van der Waals surface area (Å²) in [6.07, 6.45) is 0.214. The SMILES string of the molecule is c1ccc(C(OC2CNC2)(c2ccccc2)c2ccccc2)cc1. The first-order chi connectivity index (χ1) is 11.9. The highest BCUT2D eigenvalue weighted by Gasteiger charge is 2.40. The molecule has 1 saturated heterocycles. The van der Waals surface area contributed by atoms with E-state index in [4.69, 9.17) is 4.74 Å². The molecule has 0 saturated carbocycles. The Morgan fingerprint density at radius 2 is 1.00 bits per heavy atom. The van der Waals surface area contributed by atoms with Crippen LogP contribution in [0, 0.1) is 0 Å². The summed E-state index contributed by atoms with van der Waals surface area (Å²) < 4.78 is 6.77. The van der Waals surface area contributed by atoms with Crippen LogP contribution in [0.2, 0.25) is 0 Å². The van der Waals surface area contributed by atoms with E-state index in [0.29, 0.717) is 0 Å². The van der Waals surface area contributed by atoms with Gasteiger partial charge in [-0.1, -0.05) is 91.0 Å². The minimum absolute atomic E-state index is 0.214. The van der Waals surface area contributed by atoms with Gasteiger partial charge >= 0.3 is 0 Å². The minimum atomic E-state index is -0.587. The smallest absolute Gasteiger partial charge is 0.144 e. The molecule has 1 aliphatic heterocycles. The molecule has 0 atom stereocenters. The highest BCUT2D eigenvalue weighted by Crippen LogP contribution is 2.41. The van der Waals surface area contributed by atoms with Crippen molar-refractivity contribution in [3.63, 3.8) is 0 Å². The molecular formula is C22H21NO. The summed E-state index contributed by atoms with van der Waals surface area (Å²) in [5, 5.41) is 3.31. The summed E-state index contributed by atoms with van der Waals surface area (Å²) in [5.74, 6) is 0. The molecule has 0 spiro atoms. The molecule has 0 aliphatic carbocycles. The van der Waals surface area contributed by atoms with E-state index in [9.17, 15) is 0 Å². The van der Waals surface area contributed by atoms with Crippen molar-refractivity contribution in [2.24, 2.45) is 0 Å². The first-order valence-corrected chi connectivity index (χ1v) is 8.45. The summed E-state index contributed by atoms with van der Waals surface area (Å²) in [6.45, 7) is 1.79. The van der Waals surface area contributed by atoms with E-state index in [0.717, 1.165) is 29.8 Å². The largest absolute Gasteiger partial charge is 0.355 e. The lowest BCUT2D eigenvalue weighted by Crippen LogP contribution is -2.53. The molecule has 120 valence electrons. The monoisotopic (exact) mass is 315 g/mol. The van der Waals surface area contributed by atoms with E-state index >= 15 is 0 Å². The predicted molar refractivity (Wildman–Crippen MR) is 97.0 cm³/mol. The van der Waals surface area contributed by atoms with Crippen molar-refractivity contribution in [2.45, 2.75) is 11.7 Å². The van der Waals surface area contributed by atoms with Crippen LogP contribution in [-0.2, 0) is 10.3 Å². The predicted octanol–water partition coefficient (Wildman–Crippen LogP) is 3.97. The van der Waals surface area contributed by atoms with Gasteiger partial charge in [-0.05, 0) is 16.7 Å². The first-order valence-electron chi connectivity index (χ1n) is 8.45. The number of rotatable bonds is 5. The highest BCUT2D eigenvalue weighted by atomic mass is 16.5. The average Bonchev–Trinajstić information content (AvgIpc) is 2.64. The molecule has 24 heavy (non-hydrogen) atoms. The molecule has 2 nitrogen and oxygen atoms in total. The van der Waals surface area contributed by atoms with Gasteiger partial charge in [-0.2, -0.15) is 0 Å². The van der Waals surface area contributed by atoms with E-state index in [-0.39, 0.29) is 6.10 Å². The fourth-order valence-corrected chi connectivity index (χ4v) is 3.32. The fraction of sp³-hybridized carbons (Fsp3) is 0.182. The summed E-state index contributed by atoms with van der Waals surface area (Å²) >= 11 is 0. The Balaban J connectivity index is 1.95. The lowest BCUT2D eigenvalue weighted by molar-refractivity contribution is -0.0692. The maximum atomic E-state index is 6.77. The topological polar surface area (TPSA) is 21.3 Å². The van der Waals surface area contributed by atoms with Gasteiger partial charge in [0.2, 0.25) is 0 Å². The van der Waals surface area contributed by atoms with Gasteiger partial charge in [0.1, 0.15) is 5.60 Å². The molecule has 3 aromatic rings. The second-order valence-electron chi connectivity index (χ2n) is 6.18. The Morgan fingerprint density at radius 1 is 0.625 bits per heavy atom.